The first kappa shape index (κ1) is 10.4. The molecule has 3 heteroatoms. The van der Waals surface area contributed by atoms with E-state index in [1.54, 1.807) is 0 Å². The largest absolute Gasteiger partial charge is 0.349 e. The van der Waals surface area contributed by atoms with E-state index < -0.39 is 0 Å². The maximum atomic E-state index is 6.42. The van der Waals surface area contributed by atoms with E-state index in [0.717, 1.165) is 17.3 Å². The molecule has 1 aromatic heterocycles. The molecule has 1 aliphatic carbocycles. The Hall–Kier alpha value is -0.800. The molecule has 0 bridgehead atoms. The summed E-state index contributed by atoms with van der Waals surface area (Å²) in [5.74, 6) is 0. The van der Waals surface area contributed by atoms with Crippen molar-refractivity contribution in [2.45, 2.75) is 24.8 Å². The minimum absolute atomic E-state index is 0.0830. The minimum atomic E-state index is -0.0830. The second-order valence-electron chi connectivity index (χ2n) is 4.80. The van der Waals surface area contributed by atoms with Crippen molar-refractivity contribution in [3.05, 3.63) is 34.4 Å². The van der Waals surface area contributed by atoms with Crippen LogP contribution in [0.4, 0.5) is 0 Å². The molecule has 0 radical (unpaired) electrons. The first-order valence-electron chi connectivity index (χ1n) is 5.65. The molecule has 1 saturated carbocycles. The molecule has 2 nitrogen and oxygen atoms in total. The molecule has 3 rings (SSSR count). The predicted molar refractivity (Wildman–Crippen MR) is 70.3 cm³/mol. The minimum Gasteiger partial charge on any atom is -0.349 e. The molecule has 2 N–H and O–H groups in total. The number of fused-ring (bicyclic) bond motifs is 1. The number of nitrogens with zero attached hydrogens (tertiary/aromatic N) is 1. The number of hydrogen-bond donors (Lipinski definition) is 1. The average molecular weight is 279 g/mol. The number of aromatic nitrogens is 1. The maximum Gasteiger partial charge on any atom is 0.0625 e. The monoisotopic (exact) mass is 278 g/mol. The van der Waals surface area contributed by atoms with Gasteiger partial charge in [-0.1, -0.05) is 12.1 Å². The molecule has 2 aromatic rings. The van der Waals surface area contributed by atoms with Crippen molar-refractivity contribution in [3.63, 3.8) is 0 Å². The molecule has 0 unspecified atom stereocenters. The number of nitrogens with two attached hydrogens (primary N) is 1. The third kappa shape index (κ3) is 1.28. The normalized spacial score (nSPS) is 18.7. The number of rotatable bonds is 1. The quantitative estimate of drug-likeness (QED) is 0.853. The lowest BCUT2D eigenvalue weighted by Gasteiger charge is -2.38. The van der Waals surface area contributed by atoms with Crippen molar-refractivity contribution in [2.24, 2.45) is 12.8 Å². The average Bonchev–Trinajstić information content (AvgIpc) is 2.54. The predicted octanol–water partition coefficient (Wildman–Crippen LogP) is 3.28. The maximum absolute atomic E-state index is 6.42. The van der Waals surface area contributed by atoms with E-state index in [0.29, 0.717) is 0 Å². The molecular formula is C13H15BrN2. The van der Waals surface area contributed by atoms with Gasteiger partial charge in [0.1, 0.15) is 0 Å². The van der Waals surface area contributed by atoms with Gasteiger partial charge in [0, 0.05) is 28.6 Å². The summed E-state index contributed by atoms with van der Waals surface area (Å²) in [6, 6.07) is 6.33. The van der Waals surface area contributed by atoms with Crippen LogP contribution in [0.3, 0.4) is 0 Å². The van der Waals surface area contributed by atoms with Crippen molar-refractivity contribution in [2.75, 3.05) is 0 Å². The van der Waals surface area contributed by atoms with Crippen LogP contribution in [-0.2, 0) is 12.6 Å². The van der Waals surface area contributed by atoms with Gasteiger partial charge in [-0.15, -0.1) is 0 Å². The van der Waals surface area contributed by atoms with Crippen LogP contribution >= 0.6 is 15.9 Å². The van der Waals surface area contributed by atoms with Crippen LogP contribution in [0.5, 0.6) is 0 Å². The van der Waals surface area contributed by atoms with Gasteiger partial charge in [0.05, 0.1) is 5.52 Å². The summed E-state index contributed by atoms with van der Waals surface area (Å²) >= 11 is 3.61. The zero-order chi connectivity index (χ0) is 11.3. The van der Waals surface area contributed by atoms with Crippen molar-refractivity contribution >= 4 is 26.8 Å². The summed E-state index contributed by atoms with van der Waals surface area (Å²) < 4.78 is 3.31. The van der Waals surface area contributed by atoms with E-state index >= 15 is 0 Å². The Labute approximate surface area is 104 Å². The van der Waals surface area contributed by atoms with Gasteiger partial charge in [-0.05, 0) is 46.8 Å². The SMILES string of the molecule is Cn1cc(C2(N)CCC2)c2cccc(Br)c21. The van der Waals surface area contributed by atoms with Crippen LogP contribution in [0.1, 0.15) is 24.8 Å². The Morgan fingerprint density at radius 2 is 2.12 bits per heavy atom. The molecule has 1 aliphatic rings. The molecule has 0 amide bonds. The lowest BCUT2D eigenvalue weighted by Crippen LogP contribution is -2.43. The van der Waals surface area contributed by atoms with Crippen molar-refractivity contribution in [1.29, 1.82) is 0 Å². The molecule has 0 atom stereocenters. The lowest BCUT2D eigenvalue weighted by atomic mass is 9.73. The first-order chi connectivity index (χ1) is 7.62. The van der Waals surface area contributed by atoms with E-state index in [4.69, 9.17) is 5.73 Å². The zero-order valence-electron chi connectivity index (χ0n) is 9.33. The third-order valence-electron chi connectivity index (χ3n) is 3.73. The Balaban J connectivity index is 2.31. The van der Waals surface area contributed by atoms with Gasteiger partial charge < -0.3 is 10.3 Å². The van der Waals surface area contributed by atoms with E-state index in [-0.39, 0.29) is 5.54 Å². The Kier molecular flexibility index (Phi) is 2.17. The Morgan fingerprint density at radius 1 is 1.38 bits per heavy atom. The summed E-state index contributed by atoms with van der Waals surface area (Å²) in [6.45, 7) is 0. The summed E-state index contributed by atoms with van der Waals surface area (Å²) in [5, 5.41) is 1.29. The lowest BCUT2D eigenvalue weighted by molar-refractivity contribution is 0.255. The van der Waals surface area contributed by atoms with Gasteiger partial charge in [0.25, 0.3) is 0 Å². The van der Waals surface area contributed by atoms with Crippen LogP contribution in [0.15, 0.2) is 28.9 Å². The highest BCUT2D eigenvalue weighted by molar-refractivity contribution is 9.10. The van der Waals surface area contributed by atoms with Crippen LogP contribution in [-0.4, -0.2) is 4.57 Å². The van der Waals surface area contributed by atoms with Gasteiger partial charge in [0.15, 0.2) is 0 Å². The third-order valence-corrected chi connectivity index (χ3v) is 4.37. The molecule has 84 valence electrons. The van der Waals surface area contributed by atoms with Crippen LogP contribution < -0.4 is 5.73 Å². The van der Waals surface area contributed by atoms with E-state index in [1.165, 1.54) is 22.9 Å². The smallest absolute Gasteiger partial charge is 0.0625 e. The van der Waals surface area contributed by atoms with Crippen LogP contribution in [0.25, 0.3) is 10.9 Å². The van der Waals surface area contributed by atoms with Gasteiger partial charge in [-0.25, -0.2) is 0 Å². The second-order valence-corrected chi connectivity index (χ2v) is 5.65. The summed E-state index contributed by atoms with van der Waals surface area (Å²) in [7, 11) is 2.08. The van der Waals surface area contributed by atoms with Crippen molar-refractivity contribution in [3.8, 4) is 0 Å². The van der Waals surface area contributed by atoms with Gasteiger partial charge >= 0.3 is 0 Å². The Morgan fingerprint density at radius 3 is 2.75 bits per heavy atom. The standard InChI is InChI=1S/C13H15BrN2/c1-16-8-10(13(15)6-3-7-13)9-4-2-5-11(14)12(9)16/h2,4-5,8H,3,6-7,15H2,1H3. The fraction of sp³-hybridized carbons (Fsp3) is 0.385. The highest BCUT2D eigenvalue weighted by Crippen LogP contribution is 2.43. The van der Waals surface area contributed by atoms with Gasteiger partial charge in [0.2, 0.25) is 0 Å². The zero-order valence-corrected chi connectivity index (χ0v) is 10.9. The van der Waals surface area contributed by atoms with Crippen LogP contribution in [0.2, 0.25) is 0 Å². The van der Waals surface area contributed by atoms with E-state index in [2.05, 4.69) is 51.9 Å². The molecule has 1 heterocycles. The van der Waals surface area contributed by atoms with E-state index in [1.807, 2.05) is 0 Å². The second kappa shape index (κ2) is 3.34. The molecule has 0 spiro atoms. The molecule has 0 aliphatic heterocycles. The molecule has 1 aromatic carbocycles. The molecular weight excluding hydrogens is 264 g/mol. The summed E-state index contributed by atoms with van der Waals surface area (Å²) in [4.78, 5) is 0. The van der Waals surface area contributed by atoms with Crippen LogP contribution in [0, 0.1) is 0 Å². The fourth-order valence-electron chi connectivity index (χ4n) is 2.64. The fourth-order valence-corrected chi connectivity index (χ4v) is 3.29. The van der Waals surface area contributed by atoms with E-state index in [9.17, 15) is 0 Å². The summed E-state index contributed by atoms with van der Waals surface area (Å²) in [5.41, 5.74) is 8.89. The first-order valence-corrected chi connectivity index (χ1v) is 6.44. The van der Waals surface area contributed by atoms with Gasteiger partial charge in [-0.3, -0.25) is 0 Å². The number of para-hydroxylation sites is 1. The highest BCUT2D eigenvalue weighted by atomic mass is 79.9. The number of hydrogen-bond acceptors (Lipinski definition) is 1. The number of halogens is 1. The molecule has 0 saturated heterocycles. The van der Waals surface area contributed by atoms with Crippen molar-refractivity contribution in [1.82, 2.24) is 4.57 Å². The molecule has 1 fully saturated rings. The molecule has 16 heavy (non-hydrogen) atoms. The topological polar surface area (TPSA) is 30.9 Å². The van der Waals surface area contributed by atoms with Gasteiger partial charge in [-0.2, -0.15) is 0 Å². The summed E-state index contributed by atoms with van der Waals surface area (Å²) in [6.07, 6.45) is 5.66. The number of benzene rings is 1. The number of aryl methyl sites for hydroxylation is 1. The van der Waals surface area contributed by atoms with Crippen molar-refractivity contribution < 1.29 is 0 Å². The Bertz CT molecular complexity index is 552. The highest BCUT2D eigenvalue weighted by Gasteiger charge is 2.36.